The quantitative estimate of drug-likeness (QED) is 0.667. The fourth-order valence-corrected chi connectivity index (χ4v) is 2.51. The maximum atomic E-state index is 5.99. The number of hydrazine groups is 1. The van der Waals surface area contributed by atoms with Gasteiger partial charge in [-0.2, -0.15) is 0 Å². The molecule has 21 heavy (non-hydrogen) atoms. The van der Waals surface area contributed by atoms with Crippen LogP contribution in [0.25, 0.3) is 0 Å². The zero-order valence-corrected chi connectivity index (χ0v) is 12.2. The van der Waals surface area contributed by atoms with Crippen molar-refractivity contribution in [2.75, 3.05) is 5.43 Å². The van der Waals surface area contributed by atoms with Crippen LogP contribution in [0.15, 0.2) is 36.5 Å². The summed E-state index contributed by atoms with van der Waals surface area (Å²) in [6.07, 6.45) is 2.60. The zero-order valence-electron chi connectivity index (χ0n) is 12.2. The molecule has 0 saturated heterocycles. The van der Waals surface area contributed by atoms with Crippen LogP contribution in [-0.2, 0) is 13.0 Å². The highest BCUT2D eigenvalue weighted by molar-refractivity contribution is 5.50. The first-order valence-corrected chi connectivity index (χ1v) is 6.93. The van der Waals surface area contributed by atoms with Gasteiger partial charge in [0.2, 0.25) is 0 Å². The molecular weight excluding hydrogens is 266 g/mol. The van der Waals surface area contributed by atoms with Gasteiger partial charge < -0.3 is 14.9 Å². The van der Waals surface area contributed by atoms with Crippen LogP contribution in [0.3, 0.4) is 0 Å². The first kappa shape index (κ1) is 13.7. The van der Waals surface area contributed by atoms with E-state index in [1.165, 1.54) is 5.56 Å². The molecule has 0 fully saturated rings. The predicted molar refractivity (Wildman–Crippen MR) is 81.2 cm³/mol. The number of ether oxygens (including phenoxy) is 2. The smallest absolute Gasteiger partial charge is 0.165 e. The fraction of sp³-hybridized carbons (Fsp3) is 0.312. The lowest BCUT2D eigenvalue weighted by Gasteiger charge is -2.18. The molecule has 1 aliphatic rings. The van der Waals surface area contributed by atoms with Crippen LogP contribution in [0.5, 0.6) is 11.5 Å². The Morgan fingerprint density at radius 3 is 3.05 bits per heavy atom. The molecule has 3 N–H and O–H groups in total. The molecule has 0 saturated carbocycles. The average Bonchev–Trinajstić information content (AvgIpc) is 2.79. The van der Waals surface area contributed by atoms with Crippen molar-refractivity contribution in [3.63, 3.8) is 0 Å². The van der Waals surface area contributed by atoms with Gasteiger partial charge in [-0.3, -0.25) is 0 Å². The molecule has 0 aliphatic carbocycles. The van der Waals surface area contributed by atoms with E-state index >= 15 is 0 Å². The summed E-state index contributed by atoms with van der Waals surface area (Å²) in [6.45, 7) is 4.61. The number of pyridine rings is 1. The van der Waals surface area contributed by atoms with E-state index in [4.69, 9.17) is 15.3 Å². The first-order valence-electron chi connectivity index (χ1n) is 6.93. The number of hydrogen-bond donors (Lipinski definition) is 2. The molecule has 5 nitrogen and oxygen atoms in total. The molecule has 2 aromatic rings. The number of fused-ring (bicyclic) bond motifs is 1. The van der Waals surface area contributed by atoms with Crippen molar-refractivity contribution in [2.24, 2.45) is 5.84 Å². The van der Waals surface area contributed by atoms with Crippen LogP contribution < -0.4 is 20.7 Å². The molecule has 5 heteroatoms. The monoisotopic (exact) mass is 285 g/mol. The number of rotatable bonds is 4. The van der Waals surface area contributed by atoms with Crippen molar-refractivity contribution in [3.05, 3.63) is 47.7 Å². The molecule has 3 rings (SSSR count). The van der Waals surface area contributed by atoms with Crippen molar-refractivity contribution in [1.29, 1.82) is 0 Å². The van der Waals surface area contributed by atoms with Gasteiger partial charge in [0, 0.05) is 18.2 Å². The molecule has 110 valence electrons. The number of nitrogens with zero attached hydrogens (tertiary/aromatic N) is 1. The lowest BCUT2D eigenvalue weighted by Crippen LogP contribution is -2.24. The highest BCUT2D eigenvalue weighted by Crippen LogP contribution is 2.41. The van der Waals surface area contributed by atoms with Crippen molar-refractivity contribution >= 4 is 5.82 Å². The number of para-hydroxylation sites is 1. The number of nitrogen functional groups attached to an aromatic ring is 1. The van der Waals surface area contributed by atoms with Crippen LogP contribution in [0.2, 0.25) is 0 Å². The highest BCUT2D eigenvalue weighted by Gasteiger charge is 2.32. The van der Waals surface area contributed by atoms with Crippen molar-refractivity contribution in [2.45, 2.75) is 32.5 Å². The second-order valence-corrected chi connectivity index (χ2v) is 5.77. The van der Waals surface area contributed by atoms with Crippen LogP contribution in [0.4, 0.5) is 5.82 Å². The Morgan fingerprint density at radius 1 is 1.38 bits per heavy atom. The Labute approximate surface area is 124 Å². The Hall–Kier alpha value is -2.27. The van der Waals surface area contributed by atoms with Gasteiger partial charge in [-0.1, -0.05) is 12.1 Å². The van der Waals surface area contributed by atoms with Crippen LogP contribution in [-0.4, -0.2) is 10.6 Å². The fourth-order valence-electron chi connectivity index (χ4n) is 2.51. The largest absolute Gasteiger partial charge is 0.485 e. The van der Waals surface area contributed by atoms with Gasteiger partial charge in [0.15, 0.2) is 11.5 Å². The number of aromatic nitrogens is 1. The molecule has 0 bridgehead atoms. The second kappa shape index (κ2) is 5.26. The Bertz CT molecular complexity index is 656. The third kappa shape index (κ3) is 2.92. The van der Waals surface area contributed by atoms with Gasteiger partial charge in [0.1, 0.15) is 18.0 Å². The van der Waals surface area contributed by atoms with Crippen LogP contribution >= 0.6 is 0 Å². The molecule has 2 heterocycles. The molecule has 0 atom stereocenters. The Balaban J connectivity index is 1.76. The minimum Gasteiger partial charge on any atom is -0.485 e. The number of nitrogens with one attached hydrogen (secondary N) is 1. The van der Waals surface area contributed by atoms with Gasteiger partial charge in [0.05, 0.1) is 0 Å². The van der Waals surface area contributed by atoms with Crippen LogP contribution in [0.1, 0.15) is 25.0 Å². The van der Waals surface area contributed by atoms with E-state index in [1.54, 1.807) is 6.20 Å². The standard InChI is InChI=1S/C16H19N3O2/c1-16(2)9-12-4-3-5-13(15(12)21-16)20-10-11-6-7-18-14(8-11)19-17/h3-8H,9-10,17H2,1-2H3,(H,18,19). The predicted octanol–water partition coefficient (Wildman–Crippen LogP) is 2.66. The van der Waals surface area contributed by atoms with Gasteiger partial charge in [-0.05, 0) is 37.6 Å². The topological polar surface area (TPSA) is 69.4 Å². The highest BCUT2D eigenvalue weighted by atomic mass is 16.5. The maximum absolute atomic E-state index is 5.99. The summed E-state index contributed by atoms with van der Waals surface area (Å²) in [5, 5.41) is 0. The van der Waals surface area contributed by atoms with E-state index in [2.05, 4.69) is 30.3 Å². The third-order valence-electron chi connectivity index (χ3n) is 3.42. The summed E-state index contributed by atoms with van der Waals surface area (Å²) in [5.41, 5.74) is 4.54. The van der Waals surface area contributed by atoms with E-state index in [0.29, 0.717) is 12.4 Å². The summed E-state index contributed by atoms with van der Waals surface area (Å²) in [4.78, 5) is 4.07. The number of anilines is 1. The molecule has 0 unspecified atom stereocenters. The molecule has 1 aliphatic heterocycles. The second-order valence-electron chi connectivity index (χ2n) is 5.77. The number of nitrogens with two attached hydrogens (primary N) is 1. The molecule has 1 aromatic carbocycles. The minimum absolute atomic E-state index is 0.172. The van der Waals surface area contributed by atoms with E-state index in [0.717, 1.165) is 23.5 Å². The van der Waals surface area contributed by atoms with Gasteiger partial charge in [0.25, 0.3) is 0 Å². The summed E-state index contributed by atoms with van der Waals surface area (Å²) in [5.74, 6) is 7.60. The Morgan fingerprint density at radius 2 is 2.24 bits per heavy atom. The third-order valence-corrected chi connectivity index (χ3v) is 3.42. The van der Waals surface area contributed by atoms with Gasteiger partial charge in [-0.25, -0.2) is 10.8 Å². The molecule has 0 amide bonds. The van der Waals surface area contributed by atoms with Gasteiger partial charge >= 0.3 is 0 Å². The number of hydrogen-bond acceptors (Lipinski definition) is 5. The molecule has 1 aromatic heterocycles. The summed E-state index contributed by atoms with van der Waals surface area (Å²) >= 11 is 0. The lowest BCUT2D eigenvalue weighted by atomic mass is 10.0. The normalized spacial score (nSPS) is 15.2. The van der Waals surface area contributed by atoms with E-state index in [9.17, 15) is 0 Å². The van der Waals surface area contributed by atoms with Crippen molar-refractivity contribution in [3.8, 4) is 11.5 Å². The van der Waals surface area contributed by atoms with Crippen molar-refractivity contribution < 1.29 is 9.47 Å². The summed E-state index contributed by atoms with van der Waals surface area (Å²) in [6, 6.07) is 9.77. The summed E-state index contributed by atoms with van der Waals surface area (Å²) < 4.78 is 11.9. The number of benzene rings is 1. The zero-order chi connectivity index (χ0) is 14.9. The summed E-state index contributed by atoms with van der Waals surface area (Å²) in [7, 11) is 0. The molecule has 0 spiro atoms. The molecule has 0 radical (unpaired) electrons. The minimum atomic E-state index is -0.172. The molecular formula is C16H19N3O2. The Kier molecular flexibility index (Phi) is 3.43. The maximum Gasteiger partial charge on any atom is 0.165 e. The van der Waals surface area contributed by atoms with Crippen molar-refractivity contribution in [1.82, 2.24) is 4.98 Å². The van der Waals surface area contributed by atoms with E-state index in [1.807, 2.05) is 24.3 Å². The van der Waals surface area contributed by atoms with E-state index < -0.39 is 0 Å². The van der Waals surface area contributed by atoms with E-state index in [-0.39, 0.29) is 5.60 Å². The van der Waals surface area contributed by atoms with Crippen LogP contribution in [0, 0.1) is 0 Å². The SMILES string of the molecule is CC1(C)Cc2cccc(OCc3ccnc(NN)c3)c2O1. The first-order chi connectivity index (χ1) is 10.1. The lowest BCUT2D eigenvalue weighted by molar-refractivity contribution is 0.131. The average molecular weight is 285 g/mol. The van der Waals surface area contributed by atoms with Gasteiger partial charge in [-0.15, -0.1) is 0 Å².